The number of imide groups is 1. The van der Waals surface area contributed by atoms with E-state index in [2.05, 4.69) is 5.32 Å². The van der Waals surface area contributed by atoms with E-state index < -0.39 is 29.4 Å². The standard InChI is InChI=1S/C18H22N2O5/c1-4-9-18(17(24)25-3)13-12(15(22)20(2)16(13)23)14(19-18)10-5-7-11(21)8-6-10/h5-8,12-14,19,21H,4,9H2,1-3H3/t12-,13+,14-,18+/m0/s1. The Labute approximate surface area is 146 Å². The van der Waals surface area contributed by atoms with Crippen LogP contribution in [0.2, 0.25) is 0 Å². The highest BCUT2D eigenvalue weighted by Crippen LogP contribution is 2.50. The normalized spacial score (nSPS) is 31.3. The van der Waals surface area contributed by atoms with Crippen LogP contribution in [0.3, 0.4) is 0 Å². The van der Waals surface area contributed by atoms with Gasteiger partial charge in [0, 0.05) is 13.1 Å². The second-order valence-electron chi connectivity index (χ2n) is 6.67. The van der Waals surface area contributed by atoms with Gasteiger partial charge in [0.05, 0.1) is 18.9 Å². The average molecular weight is 346 g/mol. The number of carbonyl (C=O) groups excluding carboxylic acids is 3. The van der Waals surface area contributed by atoms with E-state index in [9.17, 15) is 19.5 Å². The number of fused-ring (bicyclic) bond motifs is 1. The van der Waals surface area contributed by atoms with Gasteiger partial charge in [0.25, 0.3) is 0 Å². The summed E-state index contributed by atoms with van der Waals surface area (Å²) >= 11 is 0. The first-order valence-electron chi connectivity index (χ1n) is 8.33. The number of phenolic OH excluding ortho intramolecular Hbond substituents is 1. The first kappa shape index (κ1) is 17.4. The Morgan fingerprint density at radius 2 is 1.92 bits per heavy atom. The van der Waals surface area contributed by atoms with E-state index in [-0.39, 0.29) is 17.6 Å². The molecule has 2 fully saturated rings. The molecule has 4 atom stereocenters. The number of nitrogens with one attached hydrogen (secondary N) is 1. The number of hydrogen-bond donors (Lipinski definition) is 2. The lowest BCUT2D eigenvalue weighted by Gasteiger charge is -2.31. The van der Waals surface area contributed by atoms with Crippen molar-refractivity contribution in [2.45, 2.75) is 31.3 Å². The molecule has 0 aliphatic carbocycles. The molecule has 1 aromatic carbocycles. The number of aromatic hydroxyl groups is 1. The number of amides is 2. The molecule has 0 spiro atoms. The van der Waals surface area contributed by atoms with Crippen molar-refractivity contribution in [2.24, 2.45) is 11.8 Å². The zero-order valence-electron chi connectivity index (χ0n) is 14.5. The fourth-order valence-electron chi connectivity index (χ4n) is 4.21. The highest BCUT2D eigenvalue weighted by atomic mass is 16.5. The Bertz CT molecular complexity index is 717. The van der Waals surface area contributed by atoms with Gasteiger partial charge in [0.1, 0.15) is 11.3 Å². The van der Waals surface area contributed by atoms with E-state index in [0.717, 1.165) is 10.5 Å². The van der Waals surface area contributed by atoms with Crippen LogP contribution >= 0.6 is 0 Å². The molecule has 2 amide bonds. The molecule has 0 unspecified atom stereocenters. The Morgan fingerprint density at radius 1 is 1.28 bits per heavy atom. The molecule has 1 aromatic rings. The molecular weight excluding hydrogens is 324 g/mol. The first-order valence-corrected chi connectivity index (χ1v) is 8.33. The van der Waals surface area contributed by atoms with Crippen molar-refractivity contribution in [3.63, 3.8) is 0 Å². The van der Waals surface area contributed by atoms with Gasteiger partial charge in [-0.3, -0.25) is 24.6 Å². The summed E-state index contributed by atoms with van der Waals surface area (Å²) in [6, 6.07) is 5.93. The van der Waals surface area contributed by atoms with Crippen LogP contribution in [0.4, 0.5) is 0 Å². The lowest BCUT2D eigenvalue weighted by molar-refractivity contribution is -0.154. The largest absolute Gasteiger partial charge is 0.508 e. The van der Waals surface area contributed by atoms with E-state index in [4.69, 9.17) is 4.74 Å². The third-order valence-corrected chi connectivity index (χ3v) is 5.32. The maximum absolute atomic E-state index is 12.8. The van der Waals surface area contributed by atoms with Crippen molar-refractivity contribution < 1.29 is 24.2 Å². The molecule has 2 aliphatic heterocycles. The number of nitrogens with zero attached hydrogens (tertiary/aromatic N) is 1. The summed E-state index contributed by atoms with van der Waals surface area (Å²) < 4.78 is 5.00. The summed E-state index contributed by atoms with van der Waals surface area (Å²) in [5.74, 6) is -2.55. The number of methoxy groups -OCH3 is 1. The highest BCUT2D eigenvalue weighted by Gasteiger charge is 2.67. The molecule has 0 radical (unpaired) electrons. The van der Waals surface area contributed by atoms with Crippen LogP contribution in [0.15, 0.2) is 24.3 Å². The predicted molar refractivity (Wildman–Crippen MR) is 88.4 cm³/mol. The van der Waals surface area contributed by atoms with Crippen molar-refractivity contribution in [1.29, 1.82) is 0 Å². The predicted octanol–water partition coefficient (Wildman–Crippen LogP) is 0.979. The molecule has 2 saturated heterocycles. The summed E-state index contributed by atoms with van der Waals surface area (Å²) in [5.41, 5.74) is -0.486. The van der Waals surface area contributed by atoms with E-state index in [1.807, 2.05) is 6.92 Å². The van der Waals surface area contributed by atoms with E-state index in [0.29, 0.717) is 12.8 Å². The van der Waals surface area contributed by atoms with Crippen LogP contribution < -0.4 is 5.32 Å². The monoisotopic (exact) mass is 346 g/mol. The van der Waals surface area contributed by atoms with E-state index in [1.165, 1.54) is 26.3 Å². The number of ether oxygens (including phenoxy) is 1. The van der Waals surface area contributed by atoms with Crippen LogP contribution in [-0.4, -0.2) is 47.5 Å². The minimum Gasteiger partial charge on any atom is -0.508 e. The zero-order chi connectivity index (χ0) is 18.4. The number of esters is 1. The molecule has 25 heavy (non-hydrogen) atoms. The van der Waals surface area contributed by atoms with Crippen molar-refractivity contribution in [3.8, 4) is 5.75 Å². The number of likely N-dealkylation sites (tertiary alicyclic amines) is 1. The van der Waals surface area contributed by atoms with Gasteiger partial charge < -0.3 is 9.84 Å². The molecule has 0 bridgehead atoms. The summed E-state index contributed by atoms with van der Waals surface area (Å²) in [7, 11) is 2.74. The second-order valence-corrected chi connectivity index (χ2v) is 6.67. The quantitative estimate of drug-likeness (QED) is 0.623. The molecule has 2 aliphatic rings. The molecule has 2 heterocycles. The highest BCUT2D eigenvalue weighted by molar-refractivity contribution is 6.09. The van der Waals surface area contributed by atoms with Gasteiger partial charge >= 0.3 is 5.97 Å². The summed E-state index contributed by atoms with van der Waals surface area (Å²) in [6.07, 6.45) is 1.04. The molecular formula is C18H22N2O5. The second kappa shape index (κ2) is 6.15. The Hall–Kier alpha value is -2.41. The van der Waals surface area contributed by atoms with Gasteiger partial charge in [0.15, 0.2) is 0 Å². The molecule has 0 saturated carbocycles. The zero-order valence-corrected chi connectivity index (χ0v) is 14.5. The van der Waals surface area contributed by atoms with Crippen molar-refractivity contribution in [1.82, 2.24) is 10.2 Å². The first-order chi connectivity index (χ1) is 11.9. The van der Waals surface area contributed by atoms with Gasteiger partial charge in [-0.1, -0.05) is 25.5 Å². The van der Waals surface area contributed by atoms with Gasteiger partial charge in [-0.15, -0.1) is 0 Å². The van der Waals surface area contributed by atoms with E-state index in [1.54, 1.807) is 12.1 Å². The lowest BCUT2D eigenvalue weighted by Crippen LogP contribution is -2.56. The maximum atomic E-state index is 12.8. The number of rotatable bonds is 4. The van der Waals surface area contributed by atoms with Gasteiger partial charge in [-0.25, -0.2) is 0 Å². The van der Waals surface area contributed by atoms with Crippen molar-refractivity contribution >= 4 is 17.8 Å². The van der Waals surface area contributed by atoms with Crippen LogP contribution in [0.5, 0.6) is 5.75 Å². The summed E-state index contributed by atoms with van der Waals surface area (Å²) in [5, 5.41) is 12.8. The molecule has 7 nitrogen and oxygen atoms in total. The topological polar surface area (TPSA) is 95.9 Å². The van der Waals surface area contributed by atoms with Crippen LogP contribution in [0, 0.1) is 11.8 Å². The van der Waals surface area contributed by atoms with Gasteiger partial charge in [-0.2, -0.15) is 0 Å². The lowest BCUT2D eigenvalue weighted by atomic mass is 9.77. The molecule has 7 heteroatoms. The molecule has 134 valence electrons. The Kier molecular flexibility index (Phi) is 4.28. The average Bonchev–Trinajstić information content (AvgIpc) is 3.06. The van der Waals surface area contributed by atoms with Crippen molar-refractivity contribution in [3.05, 3.63) is 29.8 Å². The van der Waals surface area contributed by atoms with Gasteiger partial charge in [-0.05, 0) is 24.1 Å². The third-order valence-electron chi connectivity index (χ3n) is 5.32. The maximum Gasteiger partial charge on any atom is 0.326 e. The summed E-state index contributed by atoms with van der Waals surface area (Å²) in [4.78, 5) is 39.2. The Balaban J connectivity index is 2.13. The van der Waals surface area contributed by atoms with Gasteiger partial charge in [0.2, 0.25) is 11.8 Å². The molecule has 2 N–H and O–H groups in total. The number of carbonyl (C=O) groups is 3. The third kappa shape index (κ3) is 2.41. The minimum absolute atomic E-state index is 0.108. The van der Waals surface area contributed by atoms with Crippen LogP contribution in [0.25, 0.3) is 0 Å². The van der Waals surface area contributed by atoms with E-state index >= 15 is 0 Å². The fraction of sp³-hybridized carbons (Fsp3) is 0.500. The number of benzene rings is 1. The molecule has 3 rings (SSSR count). The van der Waals surface area contributed by atoms with Crippen LogP contribution in [-0.2, 0) is 19.1 Å². The van der Waals surface area contributed by atoms with Crippen molar-refractivity contribution in [2.75, 3.05) is 14.2 Å². The fourth-order valence-corrected chi connectivity index (χ4v) is 4.21. The van der Waals surface area contributed by atoms with Crippen LogP contribution in [0.1, 0.15) is 31.4 Å². The Morgan fingerprint density at radius 3 is 2.48 bits per heavy atom. The number of phenols is 1. The smallest absolute Gasteiger partial charge is 0.326 e. The SMILES string of the molecule is CCC[C@@]1(C(=O)OC)N[C@@H](c2ccc(O)cc2)[C@H]2C(=O)N(C)C(=O)[C@@H]21. The molecule has 0 aromatic heterocycles. The number of hydrogen-bond acceptors (Lipinski definition) is 6. The summed E-state index contributed by atoms with van der Waals surface area (Å²) in [6.45, 7) is 1.92. The minimum atomic E-state index is -1.23.